The van der Waals surface area contributed by atoms with Crippen molar-refractivity contribution in [3.63, 3.8) is 0 Å². The SMILES string of the molecule is CC(C)(C)SCC(=O)Nc1cccc(C(F)(F)F)c1. The lowest BCUT2D eigenvalue weighted by atomic mass is 10.2. The van der Waals surface area contributed by atoms with E-state index in [2.05, 4.69) is 5.32 Å². The molecule has 0 radical (unpaired) electrons. The van der Waals surface area contributed by atoms with Crippen LogP contribution in [-0.2, 0) is 11.0 Å². The topological polar surface area (TPSA) is 29.1 Å². The van der Waals surface area contributed by atoms with Gasteiger partial charge in [0.2, 0.25) is 5.91 Å². The van der Waals surface area contributed by atoms with Crippen LogP contribution in [-0.4, -0.2) is 16.4 Å². The second-order valence-electron chi connectivity index (χ2n) is 5.03. The summed E-state index contributed by atoms with van der Waals surface area (Å²) >= 11 is 1.44. The lowest BCUT2D eigenvalue weighted by molar-refractivity contribution is -0.137. The molecule has 0 saturated heterocycles. The maximum absolute atomic E-state index is 12.5. The van der Waals surface area contributed by atoms with Gasteiger partial charge >= 0.3 is 6.18 Å². The largest absolute Gasteiger partial charge is 0.416 e. The van der Waals surface area contributed by atoms with Crippen molar-refractivity contribution in [3.8, 4) is 0 Å². The van der Waals surface area contributed by atoms with E-state index in [1.54, 1.807) is 0 Å². The number of amides is 1. The Morgan fingerprint density at radius 2 is 1.89 bits per heavy atom. The molecule has 1 rings (SSSR count). The van der Waals surface area contributed by atoms with Crippen LogP contribution < -0.4 is 5.32 Å². The van der Waals surface area contributed by atoms with Crippen LogP contribution in [0.1, 0.15) is 26.3 Å². The first-order chi connectivity index (χ1) is 8.58. The van der Waals surface area contributed by atoms with Crippen molar-refractivity contribution in [1.82, 2.24) is 0 Å². The summed E-state index contributed by atoms with van der Waals surface area (Å²) in [4.78, 5) is 11.6. The van der Waals surface area contributed by atoms with E-state index in [0.29, 0.717) is 0 Å². The van der Waals surface area contributed by atoms with Crippen molar-refractivity contribution in [2.45, 2.75) is 31.7 Å². The second-order valence-corrected chi connectivity index (χ2v) is 6.83. The van der Waals surface area contributed by atoms with Crippen LogP contribution in [0.3, 0.4) is 0 Å². The van der Waals surface area contributed by atoms with Crippen LogP contribution in [0.5, 0.6) is 0 Å². The molecule has 0 atom stereocenters. The minimum Gasteiger partial charge on any atom is -0.325 e. The van der Waals surface area contributed by atoms with Crippen molar-refractivity contribution in [3.05, 3.63) is 29.8 Å². The van der Waals surface area contributed by atoms with E-state index in [-0.39, 0.29) is 22.1 Å². The molecular formula is C13H16F3NOS. The predicted molar refractivity (Wildman–Crippen MR) is 72.3 cm³/mol. The van der Waals surface area contributed by atoms with Crippen molar-refractivity contribution in [2.75, 3.05) is 11.1 Å². The van der Waals surface area contributed by atoms with E-state index in [4.69, 9.17) is 0 Å². The molecular weight excluding hydrogens is 275 g/mol. The molecule has 0 aromatic heterocycles. The van der Waals surface area contributed by atoms with Crippen LogP contribution in [0.2, 0.25) is 0 Å². The Labute approximate surface area is 114 Å². The van der Waals surface area contributed by atoms with Gasteiger partial charge in [0.05, 0.1) is 11.3 Å². The van der Waals surface area contributed by atoms with Gasteiger partial charge in [0.25, 0.3) is 0 Å². The van der Waals surface area contributed by atoms with Gasteiger partial charge in [-0.15, -0.1) is 11.8 Å². The number of rotatable bonds is 3. The number of thioether (sulfide) groups is 1. The van der Waals surface area contributed by atoms with Gasteiger partial charge in [-0.05, 0) is 18.2 Å². The Hall–Kier alpha value is -1.17. The van der Waals surface area contributed by atoms with Gasteiger partial charge in [-0.1, -0.05) is 26.8 Å². The molecule has 0 saturated carbocycles. The van der Waals surface area contributed by atoms with Crippen LogP contribution in [0.25, 0.3) is 0 Å². The lowest BCUT2D eigenvalue weighted by Crippen LogP contribution is -2.19. The Kier molecular flexibility index (Phi) is 4.90. The van der Waals surface area contributed by atoms with Crippen LogP contribution in [0.4, 0.5) is 18.9 Å². The Balaban J connectivity index is 2.65. The molecule has 1 aromatic carbocycles. The van der Waals surface area contributed by atoms with Crippen LogP contribution in [0.15, 0.2) is 24.3 Å². The number of hydrogen-bond acceptors (Lipinski definition) is 2. The second kappa shape index (κ2) is 5.86. The van der Waals surface area contributed by atoms with Gasteiger partial charge in [0.1, 0.15) is 0 Å². The zero-order chi connectivity index (χ0) is 14.7. The molecule has 0 spiro atoms. The summed E-state index contributed by atoms with van der Waals surface area (Å²) in [6, 6.07) is 4.61. The molecule has 6 heteroatoms. The Morgan fingerprint density at radius 3 is 2.42 bits per heavy atom. The third-order valence-electron chi connectivity index (χ3n) is 2.11. The van der Waals surface area contributed by atoms with Gasteiger partial charge in [0.15, 0.2) is 0 Å². The summed E-state index contributed by atoms with van der Waals surface area (Å²) in [6.07, 6.45) is -4.40. The predicted octanol–water partition coefficient (Wildman–Crippen LogP) is 4.18. The molecule has 0 aliphatic heterocycles. The highest BCUT2D eigenvalue weighted by molar-refractivity contribution is 8.01. The summed E-state index contributed by atoms with van der Waals surface area (Å²) < 4.78 is 37.4. The molecule has 0 heterocycles. The fraction of sp³-hybridized carbons (Fsp3) is 0.462. The number of nitrogens with one attached hydrogen (secondary N) is 1. The lowest BCUT2D eigenvalue weighted by Gasteiger charge is -2.17. The van der Waals surface area contributed by atoms with Crippen LogP contribution >= 0.6 is 11.8 Å². The van der Waals surface area contributed by atoms with Crippen LogP contribution in [0, 0.1) is 0 Å². The molecule has 106 valence electrons. The van der Waals surface area contributed by atoms with Gasteiger partial charge in [-0.2, -0.15) is 13.2 Å². The first-order valence-corrected chi connectivity index (χ1v) is 6.67. The van der Waals surface area contributed by atoms with E-state index >= 15 is 0 Å². The van der Waals surface area contributed by atoms with Crippen molar-refractivity contribution in [1.29, 1.82) is 0 Å². The van der Waals surface area contributed by atoms with E-state index in [0.717, 1.165) is 12.1 Å². The number of benzene rings is 1. The first kappa shape index (κ1) is 15.9. The summed E-state index contributed by atoms with van der Waals surface area (Å²) in [5.41, 5.74) is -0.608. The Morgan fingerprint density at radius 1 is 1.26 bits per heavy atom. The van der Waals surface area contributed by atoms with Gasteiger partial charge in [-0.3, -0.25) is 4.79 Å². The number of hydrogen-bond donors (Lipinski definition) is 1. The monoisotopic (exact) mass is 291 g/mol. The minimum absolute atomic E-state index is 0.0643. The highest BCUT2D eigenvalue weighted by Crippen LogP contribution is 2.30. The van der Waals surface area contributed by atoms with E-state index in [9.17, 15) is 18.0 Å². The van der Waals surface area contributed by atoms with Crippen molar-refractivity contribution < 1.29 is 18.0 Å². The fourth-order valence-corrected chi connectivity index (χ4v) is 1.89. The van der Waals surface area contributed by atoms with Gasteiger partial charge in [-0.25, -0.2) is 0 Å². The number of halogens is 3. The molecule has 19 heavy (non-hydrogen) atoms. The number of anilines is 1. The fourth-order valence-electron chi connectivity index (χ4n) is 1.25. The van der Waals surface area contributed by atoms with E-state index < -0.39 is 11.7 Å². The molecule has 1 amide bonds. The first-order valence-electron chi connectivity index (χ1n) is 5.69. The zero-order valence-electron chi connectivity index (χ0n) is 11.0. The zero-order valence-corrected chi connectivity index (χ0v) is 11.8. The van der Waals surface area contributed by atoms with Crippen molar-refractivity contribution in [2.24, 2.45) is 0 Å². The molecule has 1 N–H and O–H groups in total. The van der Waals surface area contributed by atoms with E-state index in [1.807, 2.05) is 20.8 Å². The summed E-state index contributed by atoms with van der Waals surface area (Å²) in [5.74, 6) is -0.0982. The maximum Gasteiger partial charge on any atom is 0.416 e. The third kappa shape index (κ3) is 6.00. The summed E-state index contributed by atoms with van der Waals surface area (Å²) in [6.45, 7) is 5.90. The normalized spacial score (nSPS) is 12.3. The smallest absolute Gasteiger partial charge is 0.325 e. The quantitative estimate of drug-likeness (QED) is 0.905. The molecule has 1 aromatic rings. The average Bonchev–Trinajstić information content (AvgIpc) is 2.25. The average molecular weight is 291 g/mol. The highest BCUT2D eigenvalue weighted by atomic mass is 32.2. The molecule has 0 bridgehead atoms. The highest BCUT2D eigenvalue weighted by Gasteiger charge is 2.30. The molecule has 0 aliphatic rings. The number of alkyl halides is 3. The molecule has 2 nitrogen and oxygen atoms in total. The number of carbonyl (C=O) groups is 1. The molecule has 0 aliphatic carbocycles. The van der Waals surface area contributed by atoms with E-state index in [1.165, 1.54) is 23.9 Å². The standard InChI is InChI=1S/C13H16F3NOS/c1-12(2,3)19-8-11(18)17-10-6-4-5-9(7-10)13(14,15)16/h4-7H,8H2,1-3H3,(H,17,18). The maximum atomic E-state index is 12.5. The van der Waals surface area contributed by atoms with Gasteiger partial charge in [0, 0.05) is 10.4 Å². The van der Waals surface area contributed by atoms with Gasteiger partial charge < -0.3 is 5.32 Å². The summed E-state index contributed by atoms with van der Waals surface area (Å²) in [7, 11) is 0. The summed E-state index contributed by atoms with van der Waals surface area (Å²) in [5, 5.41) is 2.47. The molecule has 0 fully saturated rings. The van der Waals surface area contributed by atoms with Crippen molar-refractivity contribution >= 4 is 23.4 Å². The Bertz CT molecular complexity index is 452. The number of carbonyl (C=O) groups excluding carboxylic acids is 1. The minimum atomic E-state index is -4.40. The molecule has 0 unspecified atom stereocenters. The third-order valence-corrected chi connectivity index (χ3v) is 3.38.